The van der Waals surface area contributed by atoms with Gasteiger partial charge in [0.25, 0.3) is 0 Å². The fourth-order valence-electron chi connectivity index (χ4n) is 0.422. The van der Waals surface area contributed by atoms with Gasteiger partial charge >= 0.3 is 0 Å². The number of rotatable bonds is 2. The van der Waals surface area contributed by atoms with Crippen LogP contribution in [0.5, 0.6) is 0 Å². The van der Waals surface area contributed by atoms with Gasteiger partial charge in [0.15, 0.2) is 5.76 Å². The highest BCUT2D eigenvalue weighted by Gasteiger charge is 1.94. The van der Waals surface area contributed by atoms with Crippen molar-refractivity contribution in [2.75, 3.05) is 7.11 Å². The second-order valence-corrected chi connectivity index (χ2v) is 2.03. The number of aliphatic hydroxyl groups excluding tert-OH is 1. The van der Waals surface area contributed by atoms with E-state index in [1.54, 1.807) is 13.8 Å². The van der Waals surface area contributed by atoms with Gasteiger partial charge in [-0.15, -0.1) is 0 Å². The summed E-state index contributed by atoms with van der Waals surface area (Å²) in [4.78, 5) is 0. The number of hydrogen-bond acceptors (Lipinski definition) is 3. The molecule has 0 spiro atoms. The van der Waals surface area contributed by atoms with Gasteiger partial charge < -0.3 is 15.6 Å². The first kappa shape index (κ1) is 8.88. The van der Waals surface area contributed by atoms with Crippen LogP contribution in [0.15, 0.2) is 23.3 Å². The molecule has 0 bridgehead atoms. The van der Waals surface area contributed by atoms with Crippen molar-refractivity contribution in [2.45, 2.75) is 13.8 Å². The maximum Gasteiger partial charge on any atom is 0.154 e. The molecule has 10 heavy (non-hydrogen) atoms. The van der Waals surface area contributed by atoms with Crippen LogP contribution >= 0.6 is 0 Å². The van der Waals surface area contributed by atoms with Gasteiger partial charge in [0, 0.05) is 11.8 Å². The lowest BCUT2D eigenvalue weighted by Gasteiger charge is -1.99. The van der Waals surface area contributed by atoms with E-state index in [2.05, 4.69) is 0 Å². The van der Waals surface area contributed by atoms with E-state index in [0.29, 0.717) is 11.5 Å². The fraction of sp³-hybridized carbons (Fsp3) is 0.429. The first-order valence-electron chi connectivity index (χ1n) is 2.95. The molecule has 0 heterocycles. The summed E-state index contributed by atoms with van der Waals surface area (Å²) in [6.45, 7) is 3.36. The van der Waals surface area contributed by atoms with E-state index in [1.165, 1.54) is 13.2 Å². The van der Waals surface area contributed by atoms with Gasteiger partial charge in [0.05, 0.1) is 7.11 Å². The Bertz CT molecular complexity index is 166. The maximum atomic E-state index is 9.09. The minimum atomic E-state index is 0.0718. The summed E-state index contributed by atoms with van der Waals surface area (Å²) >= 11 is 0. The normalized spacial score (nSPS) is 14.5. The Balaban J connectivity index is 4.33. The van der Waals surface area contributed by atoms with Gasteiger partial charge in [-0.2, -0.15) is 0 Å². The van der Waals surface area contributed by atoms with E-state index in [-0.39, 0.29) is 5.76 Å². The third-order valence-electron chi connectivity index (χ3n) is 1.03. The lowest BCUT2D eigenvalue weighted by molar-refractivity contribution is 0.262. The predicted molar refractivity (Wildman–Crippen MR) is 40.3 cm³/mol. The van der Waals surface area contributed by atoms with Crippen LogP contribution in [0.1, 0.15) is 13.8 Å². The third-order valence-corrected chi connectivity index (χ3v) is 1.03. The van der Waals surface area contributed by atoms with Gasteiger partial charge in [0.2, 0.25) is 0 Å². The summed E-state index contributed by atoms with van der Waals surface area (Å²) in [6.07, 6.45) is 1.44. The number of allylic oxidation sites excluding steroid dienone is 3. The Hall–Kier alpha value is -1.12. The number of methoxy groups -OCH3 is 1. The number of hydrogen-bond donors (Lipinski definition) is 2. The highest BCUT2D eigenvalue weighted by Crippen LogP contribution is 2.02. The Morgan fingerprint density at radius 2 is 2.00 bits per heavy atom. The molecule has 0 aromatic rings. The van der Waals surface area contributed by atoms with Crippen LogP contribution in [0.4, 0.5) is 0 Å². The molecule has 0 aromatic heterocycles. The minimum absolute atomic E-state index is 0.0718. The smallest absolute Gasteiger partial charge is 0.154 e. The largest absolute Gasteiger partial charge is 0.504 e. The molecule has 0 fully saturated rings. The Morgan fingerprint density at radius 1 is 1.50 bits per heavy atom. The summed E-state index contributed by atoms with van der Waals surface area (Å²) in [5.41, 5.74) is 5.85. The van der Waals surface area contributed by atoms with Crippen LogP contribution in [0, 0.1) is 0 Å². The molecule has 58 valence electrons. The summed E-state index contributed by atoms with van der Waals surface area (Å²) in [7, 11) is 1.49. The van der Waals surface area contributed by atoms with Crippen LogP contribution in [0.2, 0.25) is 0 Å². The Labute approximate surface area is 60.8 Å². The SMILES string of the molecule is CO/C(C)=C(O)/C=C(\C)N. The minimum Gasteiger partial charge on any atom is -0.504 e. The van der Waals surface area contributed by atoms with Gasteiger partial charge in [-0.25, -0.2) is 0 Å². The van der Waals surface area contributed by atoms with Crippen molar-refractivity contribution in [3.8, 4) is 0 Å². The van der Waals surface area contributed by atoms with Gasteiger partial charge in [-0.05, 0) is 13.8 Å². The van der Waals surface area contributed by atoms with Gasteiger partial charge in [-0.3, -0.25) is 0 Å². The molecule has 0 saturated carbocycles. The highest BCUT2D eigenvalue weighted by atomic mass is 16.5. The van der Waals surface area contributed by atoms with Crippen molar-refractivity contribution in [3.63, 3.8) is 0 Å². The van der Waals surface area contributed by atoms with Crippen molar-refractivity contribution in [3.05, 3.63) is 23.3 Å². The molecule has 3 nitrogen and oxygen atoms in total. The quantitative estimate of drug-likeness (QED) is 0.452. The zero-order valence-electron chi connectivity index (χ0n) is 6.51. The molecule has 0 atom stereocenters. The average molecular weight is 143 g/mol. The molecule has 0 aliphatic rings. The first-order chi connectivity index (χ1) is 4.57. The highest BCUT2D eigenvalue weighted by molar-refractivity contribution is 5.16. The number of aliphatic hydroxyl groups is 1. The van der Waals surface area contributed by atoms with E-state index in [9.17, 15) is 0 Å². The molecule has 0 saturated heterocycles. The van der Waals surface area contributed by atoms with Crippen LogP contribution in [0.3, 0.4) is 0 Å². The van der Waals surface area contributed by atoms with Crippen LogP contribution in [-0.4, -0.2) is 12.2 Å². The van der Waals surface area contributed by atoms with E-state index in [1.807, 2.05) is 0 Å². The average Bonchev–Trinajstić information content (AvgIpc) is 1.85. The Kier molecular flexibility index (Phi) is 3.39. The summed E-state index contributed by atoms with van der Waals surface area (Å²) in [5, 5.41) is 9.09. The zero-order chi connectivity index (χ0) is 8.15. The van der Waals surface area contributed by atoms with Crippen LogP contribution in [0.25, 0.3) is 0 Å². The van der Waals surface area contributed by atoms with E-state index in [0.717, 1.165) is 0 Å². The van der Waals surface area contributed by atoms with E-state index in [4.69, 9.17) is 15.6 Å². The zero-order valence-corrected chi connectivity index (χ0v) is 6.51. The van der Waals surface area contributed by atoms with E-state index >= 15 is 0 Å². The number of ether oxygens (including phenoxy) is 1. The molecule has 0 aliphatic heterocycles. The van der Waals surface area contributed by atoms with Crippen LogP contribution in [-0.2, 0) is 4.74 Å². The van der Waals surface area contributed by atoms with E-state index < -0.39 is 0 Å². The van der Waals surface area contributed by atoms with Gasteiger partial charge in [0.1, 0.15) is 5.76 Å². The summed E-state index contributed by atoms with van der Waals surface area (Å²) in [5.74, 6) is 0.535. The van der Waals surface area contributed by atoms with Crippen molar-refractivity contribution >= 4 is 0 Å². The monoisotopic (exact) mass is 143 g/mol. The van der Waals surface area contributed by atoms with Crippen LogP contribution < -0.4 is 5.73 Å². The number of nitrogens with two attached hydrogens (primary N) is 1. The third kappa shape index (κ3) is 3.02. The molecule has 0 rings (SSSR count). The fourth-order valence-corrected chi connectivity index (χ4v) is 0.422. The molecule has 3 heteroatoms. The predicted octanol–water partition coefficient (Wildman–Crippen LogP) is 1.28. The van der Waals surface area contributed by atoms with Gasteiger partial charge in [-0.1, -0.05) is 0 Å². The van der Waals surface area contributed by atoms with Crippen molar-refractivity contribution in [1.29, 1.82) is 0 Å². The summed E-state index contributed by atoms with van der Waals surface area (Å²) < 4.78 is 4.74. The molecule has 0 radical (unpaired) electrons. The second-order valence-electron chi connectivity index (χ2n) is 2.03. The molecular formula is C7H13NO2. The molecule has 0 amide bonds. The lowest BCUT2D eigenvalue weighted by atomic mass is 10.3. The lowest BCUT2D eigenvalue weighted by Crippen LogP contribution is -1.93. The molecule has 3 N–H and O–H groups in total. The summed E-state index contributed by atoms with van der Waals surface area (Å²) in [6, 6.07) is 0. The topological polar surface area (TPSA) is 55.5 Å². The van der Waals surface area contributed by atoms with Crippen molar-refractivity contribution in [1.82, 2.24) is 0 Å². The first-order valence-corrected chi connectivity index (χ1v) is 2.95. The van der Waals surface area contributed by atoms with Crippen molar-refractivity contribution < 1.29 is 9.84 Å². The second kappa shape index (κ2) is 3.82. The maximum absolute atomic E-state index is 9.09. The standard InChI is InChI=1S/C7H13NO2/c1-5(8)4-7(9)6(2)10-3/h4,9H,8H2,1-3H3/b5-4+,7-6-. The molecular weight excluding hydrogens is 130 g/mol. The van der Waals surface area contributed by atoms with Crippen molar-refractivity contribution in [2.24, 2.45) is 5.73 Å². The molecule has 0 unspecified atom stereocenters. The molecule has 0 aliphatic carbocycles. The Morgan fingerprint density at radius 3 is 2.30 bits per heavy atom. The molecule has 0 aromatic carbocycles.